The van der Waals surface area contributed by atoms with Crippen LogP contribution in [0, 0.1) is 0 Å². The molecule has 3 N–H and O–H groups in total. The molecule has 0 saturated carbocycles. The minimum Gasteiger partial charge on any atom is -0.368 e. The number of rotatable bonds is 2. The third-order valence-electron chi connectivity index (χ3n) is 1.89. The third kappa shape index (κ3) is 1.61. The lowest BCUT2D eigenvalue weighted by Crippen LogP contribution is -1.95. The molecule has 3 aromatic heterocycles. The first-order valence-electron chi connectivity index (χ1n) is 4.37. The highest BCUT2D eigenvalue weighted by Crippen LogP contribution is 2.31. The van der Waals surface area contributed by atoms with Crippen molar-refractivity contribution >= 4 is 39.3 Å². The normalized spacial score (nSPS) is 11.0. The van der Waals surface area contributed by atoms with Crippen LogP contribution in [0.3, 0.4) is 0 Å². The van der Waals surface area contributed by atoms with Gasteiger partial charge in [-0.3, -0.25) is 5.10 Å². The van der Waals surface area contributed by atoms with E-state index in [2.05, 4.69) is 25.1 Å². The van der Waals surface area contributed by atoms with Crippen LogP contribution in [-0.2, 0) is 0 Å². The lowest BCUT2D eigenvalue weighted by atomic mass is 10.4. The zero-order chi connectivity index (χ0) is 11.0. The Balaban J connectivity index is 2.11. The van der Waals surface area contributed by atoms with Crippen molar-refractivity contribution in [1.82, 2.24) is 25.1 Å². The SMILES string of the molecule is Nc1nc(Sc2ncn[nH]2)c2ccsc2n1. The molecule has 0 fully saturated rings. The fourth-order valence-electron chi connectivity index (χ4n) is 1.26. The molecule has 0 radical (unpaired) electrons. The summed E-state index contributed by atoms with van der Waals surface area (Å²) in [6, 6.07) is 1.97. The molecule has 0 aromatic carbocycles. The Labute approximate surface area is 98.3 Å². The van der Waals surface area contributed by atoms with Gasteiger partial charge in [-0.2, -0.15) is 5.10 Å². The summed E-state index contributed by atoms with van der Waals surface area (Å²) in [4.78, 5) is 13.3. The van der Waals surface area contributed by atoms with E-state index >= 15 is 0 Å². The summed E-state index contributed by atoms with van der Waals surface area (Å²) in [7, 11) is 0. The minimum atomic E-state index is 0.275. The van der Waals surface area contributed by atoms with Gasteiger partial charge in [0.15, 0.2) is 5.16 Å². The van der Waals surface area contributed by atoms with E-state index in [-0.39, 0.29) is 5.95 Å². The van der Waals surface area contributed by atoms with Gasteiger partial charge >= 0.3 is 0 Å². The number of hydrogen-bond donors (Lipinski definition) is 2. The van der Waals surface area contributed by atoms with Crippen molar-refractivity contribution < 1.29 is 0 Å². The first kappa shape index (κ1) is 9.55. The standard InChI is InChI=1S/C8H6N6S2/c9-7-12-5-4(1-2-15-5)6(13-7)16-8-10-3-11-14-8/h1-3H,(H2,9,12,13)(H,10,11,14). The molecule has 3 rings (SSSR count). The number of nitrogens with one attached hydrogen (secondary N) is 1. The van der Waals surface area contributed by atoms with Gasteiger partial charge in [0.2, 0.25) is 5.95 Å². The topological polar surface area (TPSA) is 93.4 Å². The molecular weight excluding hydrogens is 244 g/mol. The number of anilines is 1. The van der Waals surface area contributed by atoms with Crippen molar-refractivity contribution in [2.24, 2.45) is 0 Å². The van der Waals surface area contributed by atoms with E-state index in [9.17, 15) is 0 Å². The molecule has 0 spiro atoms. The Morgan fingerprint density at radius 3 is 3.12 bits per heavy atom. The maximum atomic E-state index is 5.64. The fourth-order valence-corrected chi connectivity index (χ4v) is 2.89. The Kier molecular flexibility index (Phi) is 2.22. The number of H-pyrrole nitrogens is 1. The molecule has 16 heavy (non-hydrogen) atoms. The van der Waals surface area contributed by atoms with Crippen molar-refractivity contribution in [3.8, 4) is 0 Å². The number of nitrogen functional groups attached to an aromatic ring is 1. The second kappa shape index (κ2) is 3.72. The van der Waals surface area contributed by atoms with Crippen LogP contribution in [-0.4, -0.2) is 25.1 Å². The highest BCUT2D eigenvalue weighted by Gasteiger charge is 2.10. The molecule has 3 aromatic rings. The maximum absolute atomic E-state index is 5.64. The van der Waals surface area contributed by atoms with Gasteiger partial charge in [-0.05, 0) is 23.2 Å². The lowest BCUT2D eigenvalue weighted by molar-refractivity contribution is 0.969. The molecule has 80 valence electrons. The Morgan fingerprint density at radius 2 is 2.31 bits per heavy atom. The van der Waals surface area contributed by atoms with Crippen LogP contribution >= 0.6 is 23.1 Å². The number of thiophene rings is 1. The third-order valence-corrected chi connectivity index (χ3v) is 3.59. The molecule has 3 heterocycles. The van der Waals surface area contributed by atoms with Crippen LogP contribution < -0.4 is 5.73 Å². The molecule has 8 heteroatoms. The smallest absolute Gasteiger partial charge is 0.222 e. The van der Waals surface area contributed by atoms with E-state index in [0.717, 1.165) is 15.2 Å². The van der Waals surface area contributed by atoms with Crippen LogP contribution in [0.5, 0.6) is 0 Å². The Bertz CT molecular complexity index is 617. The number of hydrogen-bond acceptors (Lipinski definition) is 7. The molecule has 6 nitrogen and oxygen atoms in total. The molecule has 0 saturated heterocycles. The van der Waals surface area contributed by atoms with E-state index < -0.39 is 0 Å². The predicted octanol–water partition coefficient (Wildman–Crippen LogP) is 1.54. The van der Waals surface area contributed by atoms with Gasteiger partial charge in [-0.25, -0.2) is 15.0 Å². The zero-order valence-electron chi connectivity index (χ0n) is 7.91. The summed E-state index contributed by atoms with van der Waals surface area (Å²) in [6.07, 6.45) is 1.46. The molecule has 0 unspecified atom stereocenters. The number of fused-ring (bicyclic) bond motifs is 1. The van der Waals surface area contributed by atoms with Crippen molar-refractivity contribution in [2.75, 3.05) is 5.73 Å². The zero-order valence-corrected chi connectivity index (χ0v) is 9.55. The van der Waals surface area contributed by atoms with Gasteiger partial charge in [0, 0.05) is 5.39 Å². The van der Waals surface area contributed by atoms with Gasteiger partial charge in [0.1, 0.15) is 16.2 Å². The van der Waals surface area contributed by atoms with Crippen molar-refractivity contribution in [3.63, 3.8) is 0 Å². The number of nitrogens with two attached hydrogens (primary N) is 1. The largest absolute Gasteiger partial charge is 0.368 e. The van der Waals surface area contributed by atoms with Crippen molar-refractivity contribution in [2.45, 2.75) is 10.2 Å². The summed E-state index contributed by atoms with van der Waals surface area (Å²) in [5.74, 6) is 0.275. The van der Waals surface area contributed by atoms with E-state index in [1.807, 2.05) is 11.4 Å². The summed E-state index contributed by atoms with van der Waals surface area (Å²) < 4.78 is 0. The Hall–Kier alpha value is -1.67. The number of nitrogens with zero attached hydrogens (tertiary/aromatic N) is 4. The van der Waals surface area contributed by atoms with E-state index in [1.165, 1.54) is 29.4 Å². The van der Waals surface area contributed by atoms with Gasteiger partial charge in [0.05, 0.1) is 0 Å². The number of aromatic nitrogens is 5. The van der Waals surface area contributed by atoms with Crippen LogP contribution in [0.2, 0.25) is 0 Å². The highest BCUT2D eigenvalue weighted by molar-refractivity contribution is 7.99. The first-order valence-corrected chi connectivity index (χ1v) is 6.06. The molecule has 0 amide bonds. The van der Waals surface area contributed by atoms with Gasteiger partial charge in [-0.15, -0.1) is 11.3 Å². The Morgan fingerprint density at radius 1 is 1.38 bits per heavy atom. The van der Waals surface area contributed by atoms with E-state index in [4.69, 9.17) is 5.73 Å². The van der Waals surface area contributed by atoms with Crippen LogP contribution in [0.4, 0.5) is 5.95 Å². The molecule has 0 aliphatic carbocycles. The summed E-state index contributed by atoms with van der Waals surface area (Å²) in [5, 5.41) is 11.0. The van der Waals surface area contributed by atoms with Crippen molar-refractivity contribution in [3.05, 3.63) is 17.8 Å². The van der Waals surface area contributed by atoms with Gasteiger partial charge < -0.3 is 5.73 Å². The monoisotopic (exact) mass is 250 g/mol. The van der Waals surface area contributed by atoms with Crippen LogP contribution in [0.25, 0.3) is 10.2 Å². The molecule has 0 aliphatic heterocycles. The summed E-state index contributed by atoms with van der Waals surface area (Å²) >= 11 is 2.93. The molecule has 0 atom stereocenters. The second-order valence-corrected chi connectivity index (χ2v) is 4.79. The average molecular weight is 250 g/mol. The maximum Gasteiger partial charge on any atom is 0.222 e. The number of aromatic amines is 1. The van der Waals surface area contributed by atoms with Crippen LogP contribution in [0.1, 0.15) is 0 Å². The molecule has 0 aliphatic rings. The average Bonchev–Trinajstić information content (AvgIpc) is 2.87. The van der Waals surface area contributed by atoms with E-state index in [0.29, 0.717) is 5.16 Å². The van der Waals surface area contributed by atoms with E-state index in [1.54, 1.807) is 0 Å². The minimum absolute atomic E-state index is 0.275. The second-order valence-electron chi connectivity index (χ2n) is 2.92. The lowest BCUT2D eigenvalue weighted by Gasteiger charge is -2.00. The van der Waals surface area contributed by atoms with Crippen molar-refractivity contribution in [1.29, 1.82) is 0 Å². The predicted molar refractivity (Wildman–Crippen MR) is 62.3 cm³/mol. The molecule has 0 bridgehead atoms. The highest BCUT2D eigenvalue weighted by atomic mass is 32.2. The van der Waals surface area contributed by atoms with Crippen LogP contribution in [0.15, 0.2) is 28.0 Å². The fraction of sp³-hybridized carbons (Fsp3) is 0. The van der Waals surface area contributed by atoms with Gasteiger partial charge in [0.25, 0.3) is 0 Å². The summed E-state index contributed by atoms with van der Waals surface area (Å²) in [5.41, 5.74) is 5.64. The van der Waals surface area contributed by atoms with Gasteiger partial charge in [-0.1, -0.05) is 0 Å². The first-order chi connectivity index (χ1) is 7.83. The quantitative estimate of drug-likeness (QED) is 0.670. The summed E-state index contributed by atoms with van der Waals surface area (Å²) in [6.45, 7) is 0. The molecular formula is C8H6N6S2.